The van der Waals surface area contributed by atoms with Crippen LogP contribution in [0.1, 0.15) is 37.0 Å². The van der Waals surface area contributed by atoms with Gasteiger partial charge in [-0.05, 0) is 68.1 Å². The molecule has 5 nitrogen and oxygen atoms in total. The normalized spacial score (nSPS) is 11.6. The molecule has 2 aromatic carbocycles. The Balaban J connectivity index is 2.20. The maximum Gasteiger partial charge on any atom is 0.261 e. The highest BCUT2D eigenvalue weighted by Gasteiger charge is 2.28. The van der Waals surface area contributed by atoms with Crippen LogP contribution in [0.15, 0.2) is 42.5 Å². The van der Waals surface area contributed by atoms with Crippen molar-refractivity contribution in [2.45, 2.75) is 46.7 Å². The molecule has 0 bridgehead atoms. The molecule has 0 aliphatic heterocycles. The predicted molar refractivity (Wildman–Crippen MR) is 116 cm³/mol. The Labute approximate surface area is 178 Å². The van der Waals surface area contributed by atoms with E-state index in [1.807, 2.05) is 58.0 Å². The van der Waals surface area contributed by atoms with Gasteiger partial charge in [0.05, 0.1) is 0 Å². The second-order valence-electron chi connectivity index (χ2n) is 7.08. The summed E-state index contributed by atoms with van der Waals surface area (Å²) in [6, 6.07) is 12.5. The Kier molecular flexibility index (Phi) is 8.52. The summed E-state index contributed by atoms with van der Waals surface area (Å²) in [4.78, 5) is 27.2. The van der Waals surface area contributed by atoms with Crippen molar-refractivity contribution in [3.63, 3.8) is 0 Å². The van der Waals surface area contributed by atoms with E-state index in [2.05, 4.69) is 5.32 Å². The van der Waals surface area contributed by atoms with Crippen molar-refractivity contribution in [1.82, 2.24) is 10.2 Å². The van der Waals surface area contributed by atoms with E-state index >= 15 is 0 Å². The van der Waals surface area contributed by atoms with Crippen LogP contribution in [-0.2, 0) is 16.1 Å². The molecule has 0 saturated heterocycles. The zero-order chi connectivity index (χ0) is 21.4. The highest BCUT2D eigenvalue weighted by molar-refractivity contribution is 6.30. The third kappa shape index (κ3) is 6.79. The lowest BCUT2D eigenvalue weighted by molar-refractivity contribution is -0.142. The number of rotatable bonds is 9. The average molecular weight is 417 g/mol. The van der Waals surface area contributed by atoms with Gasteiger partial charge in [0.25, 0.3) is 5.91 Å². The summed E-state index contributed by atoms with van der Waals surface area (Å²) >= 11 is 5.97. The summed E-state index contributed by atoms with van der Waals surface area (Å²) in [5.41, 5.74) is 3.04. The summed E-state index contributed by atoms with van der Waals surface area (Å²) in [6.07, 6.45) is 0.509. The molecule has 2 rings (SSSR count). The van der Waals surface area contributed by atoms with Crippen LogP contribution in [-0.4, -0.2) is 35.9 Å². The predicted octanol–water partition coefficient (Wildman–Crippen LogP) is 4.28. The largest absolute Gasteiger partial charge is 0.484 e. The van der Waals surface area contributed by atoms with Crippen molar-refractivity contribution in [3.8, 4) is 5.75 Å². The Morgan fingerprint density at radius 1 is 1.07 bits per heavy atom. The summed E-state index contributed by atoms with van der Waals surface area (Å²) in [5.74, 6) is 0.245. The summed E-state index contributed by atoms with van der Waals surface area (Å²) in [7, 11) is 0. The van der Waals surface area contributed by atoms with Crippen molar-refractivity contribution in [2.75, 3.05) is 13.2 Å². The number of hydrogen-bond acceptors (Lipinski definition) is 3. The van der Waals surface area contributed by atoms with Gasteiger partial charge in [0, 0.05) is 18.1 Å². The lowest BCUT2D eigenvalue weighted by atomic mass is 10.1. The molecule has 29 heavy (non-hydrogen) atoms. The second kappa shape index (κ2) is 10.9. The Hall–Kier alpha value is -2.53. The van der Waals surface area contributed by atoms with Crippen LogP contribution in [0, 0.1) is 13.8 Å². The first-order valence-corrected chi connectivity index (χ1v) is 10.2. The van der Waals surface area contributed by atoms with E-state index in [0.717, 1.165) is 16.7 Å². The zero-order valence-corrected chi connectivity index (χ0v) is 18.3. The fourth-order valence-corrected chi connectivity index (χ4v) is 3.37. The fraction of sp³-hybridized carbons (Fsp3) is 0.391. The fourth-order valence-electron chi connectivity index (χ4n) is 3.24. The van der Waals surface area contributed by atoms with Crippen LogP contribution < -0.4 is 10.1 Å². The van der Waals surface area contributed by atoms with Crippen molar-refractivity contribution >= 4 is 23.4 Å². The Morgan fingerprint density at radius 3 is 2.24 bits per heavy atom. The maximum absolute atomic E-state index is 13.1. The van der Waals surface area contributed by atoms with Gasteiger partial charge >= 0.3 is 0 Å². The van der Waals surface area contributed by atoms with Crippen molar-refractivity contribution in [3.05, 3.63) is 64.2 Å². The van der Waals surface area contributed by atoms with Gasteiger partial charge in [-0.15, -0.1) is 0 Å². The standard InChI is InChI=1S/C23H29ClN2O3/c1-5-21(23(28)25-6-2)26(14-18-7-9-19(24)10-8-18)22(27)15-29-20-12-16(3)11-17(4)13-20/h7-13,21H,5-6,14-15H2,1-4H3,(H,25,28)/t21-/m1/s1. The molecule has 0 fully saturated rings. The lowest BCUT2D eigenvalue weighted by Gasteiger charge is -2.30. The first-order valence-electron chi connectivity index (χ1n) is 9.86. The summed E-state index contributed by atoms with van der Waals surface area (Å²) < 4.78 is 5.76. The van der Waals surface area contributed by atoms with Gasteiger partial charge in [-0.2, -0.15) is 0 Å². The number of hydrogen-bond donors (Lipinski definition) is 1. The monoisotopic (exact) mass is 416 g/mol. The van der Waals surface area contributed by atoms with Crippen molar-refractivity contribution in [1.29, 1.82) is 0 Å². The molecular formula is C23H29ClN2O3. The number of ether oxygens (including phenoxy) is 1. The molecule has 0 radical (unpaired) electrons. The average Bonchev–Trinajstić information content (AvgIpc) is 2.67. The zero-order valence-electron chi connectivity index (χ0n) is 17.5. The lowest BCUT2D eigenvalue weighted by Crippen LogP contribution is -2.50. The highest BCUT2D eigenvalue weighted by atomic mass is 35.5. The molecule has 0 unspecified atom stereocenters. The summed E-state index contributed by atoms with van der Waals surface area (Å²) in [5, 5.41) is 3.45. The maximum atomic E-state index is 13.1. The number of benzene rings is 2. The van der Waals surface area contributed by atoms with Crippen LogP contribution in [0.3, 0.4) is 0 Å². The molecule has 0 heterocycles. The molecule has 2 amide bonds. The first kappa shape index (κ1) is 22.8. The van der Waals surface area contributed by atoms with E-state index in [0.29, 0.717) is 30.3 Å². The van der Waals surface area contributed by atoms with Crippen LogP contribution in [0.5, 0.6) is 5.75 Å². The molecule has 0 aliphatic rings. The molecular weight excluding hydrogens is 388 g/mol. The number of carbonyl (C=O) groups is 2. The molecule has 0 aromatic heterocycles. The van der Waals surface area contributed by atoms with Gasteiger partial charge in [-0.25, -0.2) is 0 Å². The van der Waals surface area contributed by atoms with Crippen LogP contribution in [0.4, 0.5) is 0 Å². The smallest absolute Gasteiger partial charge is 0.261 e. The molecule has 0 spiro atoms. The topological polar surface area (TPSA) is 58.6 Å². The van der Waals surface area contributed by atoms with Gasteiger partial charge in [0.2, 0.25) is 5.91 Å². The van der Waals surface area contributed by atoms with Crippen LogP contribution in [0.2, 0.25) is 5.02 Å². The van der Waals surface area contributed by atoms with E-state index in [-0.39, 0.29) is 18.4 Å². The minimum atomic E-state index is -0.569. The minimum Gasteiger partial charge on any atom is -0.484 e. The number of nitrogens with zero attached hydrogens (tertiary/aromatic N) is 1. The highest BCUT2D eigenvalue weighted by Crippen LogP contribution is 2.18. The van der Waals surface area contributed by atoms with E-state index in [4.69, 9.17) is 16.3 Å². The summed E-state index contributed by atoms with van der Waals surface area (Å²) in [6.45, 7) is 8.41. The SMILES string of the molecule is CCNC(=O)[C@@H](CC)N(Cc1ccc(Cl)cc1)C(=O)COc1cc(C)cc(C)c1. The van der Waals surface area contributed by atoms with E-state index < -0.39 is 6.04 Å². The number of halogens is 1. The van der Waals surface area contributed by atoms with Crippen molar-refractivity contribution < 1.29 is 14.3 Å². The molecule has 1 atom stereocenters. The molecule has 156 valence electrons. The van der Waals surface area contributed by atoms with Gasteiger partial charge in [0.1, 0.15) is 11.8 Å². The second-order valence-corrected chi connectivity index (χ2v) is 7.52. The van der Waals surface area contributed by atoms with E-state index in [1.54, 1.807) is 17.0 Å². The molecule has 2 aromatic rings. The molecule has 1 N–H and O–H groups in total. The number of amides is 2. The van der Waals surface area contributed by atoms with Crippen LogP contribution in [0.25, 0.3) is 0 Å². The van der Waals surface area contributed by atoms with Gasteiger partial charge in [0.15, 0.2) is 6.61 Å². The molecule has 6 heteroatoms. The van der Waals surface area contributed by atoms with E-state index in [1.165, 1.54) is 0 Å². The number of likely N-dealkylation sites (N-methyl/N-ethyl adjacent to an activating group) is 1. The quantitative estimate of drug-likeness (QED) is 0.663. The molecule has 0 aliphatic carbocycles. The molecule has 0 saturated carbocycles. The number of nitrogens with one attached hydrogen (secondary N) is 1. The first-order chi connectivity index (χ1) is 13.8. The third-order valence-corrected chi connectivity index (χ3v) is 4.81. The Bertz CT molecular complexity index is 816. The Morgan fingerprint density at radius 2 is 1.69 bits per heavy atom. The minimum absolute atomic E-state index is 0.133. The van der Waals surface area contributed by atoms with Gasteiger partial charge < -0.3 is 15.0 Å². The number of aryl methyl sites for hydroxylation is 2. The van der Waals surface area contributed by atoms with Crippen LogP contribution >= 0.6 is 11.6 Å². The number of carbonyl (C=O) groups excluding carboxylic acids is 2. The van der Waals surface area contributed by atoms with Crippen molar-refractivity contribution in [2.24, 2.45) is 0 Å². The van der Waals surface area contributed by atoms with E-state index in [9.17, 15) is 9.59 Å². The van der Waals surface area contributed by atoms with Gasteiger partial charge in [-0.1, -0.05) is 36.7 Å². The third-order valence-electron chi connectivity index (χ3n) is 4.56. The van der Waals surface area contributed by atoms with Gasteiger partial charge in [-0.3, -0.25) is 9.59 Å².